The van der Waals surface area contributed by atoms with Gasteiger partial charge in [0.15, 0.2) is 23.0 Å². The Morgan fingerprint density at radius 1 is 0.422 bits per heavy atom. The lowest BCUT2D eigenvalue weighted by Gasteiger charge is -2.32. The average molecular weight is 1020 g/mol. The summed E-state index contributed by atoms with van der Waals surface area (Å²) in [7, 11) is -15.5. The Labute approximate surface area is 336 Å². The van der Waals surface area contributed by atoms with Crippen molar-refractivity contribution in [2.24, 2.45) is 0 Å². The van der Waals surface area contributed by atoms with Gasteiger partial charge in [-0.2, -0.15) is 122 Å². The van der Waals surface area contributed by atoms with Gasteiger partial charge in [-0.3, -0.25) is 0 Å². The van der Waals surface area contributed by atoms with E-state index in [2.05, 4.69) is 27.8 Å². The Hall–Kier alpha value is -5.06. The average Bonchev–Trinajstić information content (AvgIpc) is 3.11. The number of halogens is 24. The molecule has 0 N–H and O–H groups in total. The van der Waals surface area contributed by atoms with Crippen LogP contribution in [0.3, 0.4) is 0 Å². The quantitative estimate of drug-likeness (QED) is 0.114. The molecule has 0 saturated heterocycles. The second-order valence-corrected chi connectivity index (χ2v) is 14.9. The standard InChI is InChI=1S/C28H12F24N2O8S2/c1-59-17-11(61-63(55,56)27(49,50)23(39,40)21(35,36)25(43,44)45)7-13(19(29,30)31)53-15(17)9-3-5-10(6-4-9)16-18(60-2)12(8-14(54-16)20(32,33)34)62-64(57,58)28(51,52)24(41,42)22(37,38)26(46,47)48/h3-8H,1-2H3. The Morgan fingerprint density at radius 3 is 0.875 bits per heavy atom. The molecule has 0 aliphatic heterocycles. The van der Waals surface area contributed by atoms with E-state index in [1.807, 2.05) is 0 Å². The number of rotatable bonds is 14. The van der Waals surface area contributed by atoms with E-state index in [-0.39, 0.29) is 38.5 Å². The van der Waals surface area contributed by atoms with Gasteiger partial charge in [-0.15, -0.1) is 0 Å². The minimum Gasteiger partial charge on any atom is -0.491 e. The molecule has 36 heteroatoms. The summed E-state index contributed by atoms with van der Waals surface area (Å²) in [5.41, 5.74) is -10.2. The first-order valence-corrected chi connectivity index (χ1v) is 17.8. The van der Waals surface area contributed by atoms with Gasteiger partial charge < -0.3 is 17.8 Å². The number of aromatic nitrogens is 2. The molecule has 0 aliphatic rings. The molecule has 3 aromatic rings. The normalized spacial score (nSPS) is 14.7. The van der Waals surface area contributed by atoms with E-state index in [1.165, 1.54) is 0 Å². The monoisotopic (exact) mass is 1020 g/mol. The van der Waals surface area contributed by atoms with Crippen LogP contribution in [-0.4, -0.2) is 87.6 Å². The highest BCUT2D eigenvalue weighted by Crippen LogP contribution is 2.57. The summed E-state index contributed by atoms with van der Waals surface area (Å²) in [6, 6.07) is -0.368. The fourth-order valence-electron chi connectivity index (χ4n) is 4.38. The van der Waals surface area contributed by atoms with Crippen LogP contribution in [0.2, 0.25) is 0 Å². The van der Waals surface area contributed by atoms with Crippen LogP contribution in [0.5, 0.6) is 23.0 Å². The molecule has 2 aromatic heterocycles. The van der Waals surface area contributed by atoms with E-state index in [1.54, 1.807) is 0 Å². The van der Waals surface area contributed by atoms with E-state index < -0.39 is 148 Å². The SMILES string of the molecule is COc1c(OS(=O)(=O)C(F)(F)C(F)(F)C(F)(F)C(F)(F)F)cc(C(F)(F)F)nc1-c1ccc(-c2nc(C(F)(F)F)cc(OS(=O)(=O)C(F)(F)C(F)(F)C(F)(F)C(F)(F)F)c2OC)cc1. The number of alkyl halides is 24. The molecule has 0 radical (unpaired) electrons. The van der Waals surface area contributed by atoms with Crippen molar-refractivity contribution in [3.8, 4) is 45.5 Å². The predicted molar refractivity (Wildman–Crippen MR) is 157 cm³/mol. The van der Waals surface area contributed by atoms with Crippen molar-refractivity contribution in [3.05, 3.63) is 47.8 Å². The lowest BCUT2D eigenvalue weighted by molar-refractivity contribution is -0.382. The molecule has 362 valence electrons. The molecule has 64 heavy (non-hydrogen) atoms. The number of ether oxygens (including phenoxy) is 2. The summed E-state index contributed by atoms with van der Waals surface area (Å²) in [4.78, 5) is 5.82. The summed E-state index contributed by atoms with van der Waals surface area (Å²) in [6.07, 6.45) is -27.0. The van der Waals surface area contributed by atoms with Crippen LogP contribution < -0.4 is 17.8 Å². The fourth-order valence-corrected chi connectivity index (χ4v) is 6.20. The molecule has 0 bridgehead atoms. The second kappa shape index (κ2) is 15.8. The van der Waals surface area contributed by atoms with Crippen LogP contribution in [0.4, 0.5) is 105 Å². The molecular weight excluding hydrogens is 1010 g/mol. The minimum absolute atomic E-state index is 0.281. The van der Waals surface area contributed by atoms with Crippen LogP contribution >= 0.6 is 0 Å². The molecular formula is C28H12F24N2O8S2. The number of hydrogen-bond acceptors (Lipinski definition) is 10. The zero-order valence-corrected chi connectivity index (χ0v) is 31.1. The summed E-state index contributed by atoms with van der Waals surface area (Å²) in [5, 5.41) is -15.3. The first-order valence-electron chi connectivity index (χ1n) is 14.9. The Morgan fingerprint density at radius 2 is 0.672 bits per heavy atom. The van der Waals surface area contributed by atoms with Crippen LogP contribution in [0.15, 0.2) is 36.4 Å². The molecule has 0 unspecified atom stereocenters. The maximum absolute atomic E-state index is 14.4. The van der Waals surface area contributed by atoms with Crippen LogP contribution in [0.1, 0.15) is 11.4 Å². The zero-order valence-electron chi connectivity index (χ0n) is 29.5. The smallest absolute Gasteiger partial charge is 0.460 e. The van der Waals surface area contributed by atoms with E-state index in [4.69, 9.17) is 0 Å². The highest BCUT2D eigenvalue weighted by molar-refractivity contribution is 7.88. The maximum Gasteiger partial charge on any atom is 0.460 e. The predicted octanol–water partition coefficient (Wildman–Crippen LogP) is 10.1. The molecule has 3 rings (SSSR count). The Bertz CT molecular complexity index is 2300. The van der Waals surface area contributed by atoms with Crippen LogP contribution in [0, 0.1) is 0 Å². The van der Waals surface area contributed by atoms with E-state index in [9.17, 15) is 122 Å². The molecule has 0 saturated carbocycles. The van der Waals surface area contributed by atoms with Crippen molar-refractivity contribution in [3.63, 3.8) is 0 Å². The highest BCUT2D eigenvalue weighted by atomic mass is 32.2. The summed E-state index contributed by atoms with van der Waals surface area (Å²) < 4.78 is 390. The van der Waals surface area contributed by atoms with E-state index >= 15 is 0 Å². The van der Waals surface area contributed by atoms with Gasteiger partial charge in [-0.25, -0.2) is 9.97 Å². The van der Waals surface area contributed by atoms with Gasteiger partial charge in [0.25, 0.3) is 0 Å². The first kappa shape index (κ1) is 53.3. The summed E-state index contributed by atoms with van der Waals surface area (Å²) in [6.45, 7) is 0. The van der Waals surface area contributed by atoms with E-state index in [0.717, 1.165) is 0 Å². The van der Waals surface area contributed by atoms with Crippen molar-refractivity contribution in [2.45, 2.75) is 58.9 Å². The maximum atomic E-state index is 14.4. The first-order chi connectivity index (χ1) is 28.2. The molecule has 0 amide bonds. The molecule has 0 spiro atoms. The Balaban J connectivity index is 2.31. The second-order valence-electron chi connectivity index (χ2n) is 11.7. The third-order valence-electron chi connectivity index (χ3n) is 7.56. The molecule has 0 atom stereocenters. The van der Waals surface area contributed by atoms with Gasteiger partial charge in [-0.05, 0) is 0 Å². The topological polar surface area (TPSA) is 131 Å². The van der Waals surface area contributed by atoms with Crippen molar-refractivity contribution in [2.75, 3.05) is 14.2 Å². The fraction of sp³-hybridized carbons (Fsp3) is 0.429. The molecule has 2 heterocycles. The van der Waals surface area contributed by atoms with Crippen molar-refractivity contribution >= 4 is 20.2 Å². The lowest BCUT2D eigenvalue weighted by atomic mass is 10.0. The van der Waals surface area contributed by atoms with E-state index in [0.29, 0.717) is 0 Å². The Kier molecular flexibility index (Phi) is 13.2. The van der Waals surface area contributed by atoms with Crippen LogP contribution in [0.25, 0.3) is 22.5 Å². The minimum atomic E-state index is -8.01. The molecule has 10 nitrogen and oxygen atoms in total. The summed E-state index contributed by atoms with van der Waals surface area (Å²) in [5.74, 6) is -39.9. The number of pyridine rings is 2. The molecule has 0 fully saturated rings. The number of hydrogen-bond donors (Lipinski definition) is 0. The number of benzene rings is 1. The van der Waals surface area contributed by atoms with Gasteiger partial charge in [-0.1, -0.05) is 24.3 Å². The van der Waals surface area contributed by atoms with Crippen molar-refractivity contribution < 1.29 is 140 Å². The highest BCUT2D eigenvalue weighted by Gasteiger charge is 2.87. The number of methoxy groups -OCH3 is 2. The third-order valence-corrected chi connectivity index (χ3v) is 10.1. The van der Waals surface area contributed by atoms with Gasteiger partial charge in [0.05, 0.1) is 14.2 Å². The van der Waals surface area contributed by atoms with Crippen molar-refractivity contribution in [1.82, 2.24) is 9.97 Å². The number of nitrogens with zero attached hydrogens (tertiary/aromatic N) is 2. The van der Waals surface area contributed by atoms with Gasteiger partial charge >= 0.3 is 79.1 Å². The molecule has 1 aromatic carbocycles. The van der Waals surface area contributed by atoms with Crippen LogP contribution in [-0.2, 0) is 32.6 Å². The van der Waals surface area contributed by atoms with Gasteiger partial charge in [0.1, 0.15) is 22.8 Å². The lowest BCUT2D eigenvalue weighted by Crippen LogP contribution is -2.63. The van der Waals surface area contributed by atoms with Crippen molar-refractivity contribution in [1.29, 1.82) is 0 Å². The third kappa shape index (κ3) is 8.72. The largest absolute Gasteiger partial charge is 0.491 e. The van der Waals surface area contributed by atoms with Gasteiger partial charge in [0.2, 0.25) is 0 Å². The molecule has 0 aliphatic carbocycles. The zero-order chi connectivity index (χ0) is 50.3. The summed E-state index contributed by atoms with van der Waals surface area (Å²) >= 11 is 0. The van der Waals surface area contributed by atoms with Gasteiger partial charge in [0, 0.05) is 23.3 Å².